The van der Waals surface area contributed by atoms with Crippen molar-refractivity contribution in [3.8, 4) is 5.75 Å². The average molecular weight is 280 g/mol. The third-order valence-electron chi connectivity index (χ3n) is 3.45. The number of nitrogens with one attached hydrogen (secondary N) is 1. The zero-order valence-corrected chi connectivity index (χ0v) is 12.5. The summed E-state index contributed by atoms with van der Waals surface area (Å²) >= 11 is 2.06. The number of thioether (sulfide) groups is 1. The van der Waals surface area contributed by atoms with Gasteiger partial charge in [-0.25, -0.2) is 0 Å². The molecule has 1 aliphatic heterocycles. The van der Waals surface area contributed by atoms with Crippen LogP contribution in [0.4, 0.5) is 11.4 Å². The van der Waals surface area contributed by atoms with E-state index in [-0.39, 0.29) is 0 Å². The lowest BCUT2D eigenvalue weighted by Crippen LogP contribution is -2.19. The molecule has 0 unspecified atom stereocenters. The van der Waals surface area contributed by atoms with E-state index in [0.29, 0.717) is 6.61 Å². The van der Waals surface area contributed by atoms with E-state index in [1.54, 1.807) is 0 Å². The first-order valence-electron chi connectivity index (χ1n) is 7.14. The molecule has 3 N–H and O–H groups in total. The van der Waals surface area contributed by atoms with Gasteiger partial charge in [0.25, 0.3) is 0 Å². The number of nitrogens with two attached hydrogens (primary N) is 1. The molecule has 0 bridgehead atoms. The maximum atomic E-state index is 6.15. The fourth-order valence-corrected chi connectivity index (χ4v) is 3.44. The molecule has 1 heterocycles. The minimum atomic E-state index is 0.716. The molecular formula is C15H24N2OS. The van der Waals surface area contributed by atoms with E-state index >= 15 is 0 Å². The molecule has 1 aliphatic rings. The van der Waals surface area contributed by atoms with Crippen molar-refractivity contribution in [2.75, 3.05) is 35.7 Å². The van der Waals surface area contributed by atoms with Crippen molar-refractivity contribution in [3.63, 3.8) is 0 Å². The molecule has 0 atom stereocenters. The Kier molecular flexibility index (Phi) is 5.70. The lowest BCUT2D eigenvalue weighted by Gasteiger charge is -2.22. The van der Waals surface area contributed by atoms with Crippen LogP contribution in [0.3, 0.4) is 0 Å². The van der Waals surface area contributed by atoms with Gasteiger partial charge < -0.3 is 15.8 Å². The van der Waals surface area contributed by atoms with E-state index in [1.165, 1.54) is 24.3 Å². The van der Waals surface area contributed by atoms with E-state index in [1.807, 2.05) is 18.2 Å². The van der Waals surface area contributed by atoms with Crippen LogP contribution in [0, 0.1) is 5.92 Å². The third-order valence-corrected chi connectivity index (χ3v) is 4.50. The van der Waals surface area contributed by atoms with Gasteiger partial charge >= 0.3 is 0 Å². The maximum absolute atomic E-state index is 6.15. The van der Waals surface area contributed by atoms with Gasteiger partial charge in [-0.2, -0.15) is 11.8 Å². The lowest BCUT2D eigenvalue weighted by atomic mass is 10.0. The molecule has 0 radical (unpaired) electrons. The molecule has 0 aliphatic carbocycles. The molecule has 19 heavy (non-hydrogen) atoms. The van der Waals surface area contributed by atoms with Crippen molar-refractivity contribution in [1.29, 1.82) is 0 Å². The van der Waals surface area contributed by atoms with Gasteiger partial charge in [-0.15, -0.1) is 0 Å². The van der Waals surface area contributed by atoms with Crippen LogP contribution in [0.15, 0.2) is 18.2 Å². The number of para-hydroxylation sites is 1. The number of anilines is 2. The molecule has 1 aromatic rings. The quantitative estimate of drug-likeness (QED) is 0.781. The Labute approximate surface area is 120 Å². The topological polar surface area (TPSA) is 47.3 Å². The Morgan fingerprint density at radius 3 is 2.89 bits per heavy atom. The van der Waals surface area contributed by atoms with Crippen LogP contribution in [0.1, 0.15) is 26.2 Å². The van der Waals surface area contributed by atoms with Gasteiger partial charge in [0.2, 0.25) is 0 Å². The van der Waals surface area contributed by atoms with Gasteiger partial charge in [-0.1, -0.05) is 13.0 Å². The Morgan fingerprint density at radius 1 is 1.37 bits per heavy atom. The molecule has 106 valence electrons. The molecule has 0 spiro atoms. The summed E-state index contributed by atoms with van der Waals surface area (Å²) in [4.78, 5) is 0. The van der Waals surface area contributed by atoms with Gasteiger partial charge in [-0.05, 0) is 48.8 Å². The highest BCUT2D eigenvalue weighted by molar-refractivity contribution is 7.99. The van der Waals surface area contributed by atoms with Gasteiger partial charge in [-0.3, -0.25) is 0 Å². The molecule has 2 rings (SSSR count). The highest BCUT2D eigenvalue weighted by atomic mass is 32.2. The first-order valence-corrected chi connectivity index (χ1v) is 8.29. The second kappa shape index (κ2) is 7.53. The molecule has 3 nitrogen and oxygen atoms in total. The first kappa shape index (κ1) is 14.4. The van der Waals surface area contributed by atoms with Crippen LogP contribution in [0.2, 0.25) is 0 Å². The van der Waals surface area contributed by atoms with Crippen molar-refractivity contribution >= 4 is 23.1 Å². The Morgan fingerprint density at radius 2 is 2.16 bits per heavy atom. The van der Waals surface area contributed by atoms with Crippen LogP contribution in [0.25, 0.3) is 0 Å². The van der Waals surface area contributed by atoms with Crippen LogP contribution in [-0.4, -0.2) is 24.7 Å². The van der Waals surface area contributed by atoms with Crippen molar-refractivity contribution in [3.05, 3.63) is 18.2 Å². The molecule has 0 saturated carbocycles. The van der Waals surface area contributed by atoms with Crippen LogP contribution < -0.4 is 15.8 Å². The highest BCUT2D eigenvalue weighted by Gasteiger charge is 2.14. The minimum absolute atomic E-state index is 0.716. The smallest absolute Gasteiger partial charge is 0.144 e. The summed E-state index contributed by atoms with van der Waals surface area (Å²) < 4.78 is 5.65. The highest BCUT2D eigenvalue weighted by Crippen LogP contribution is 2.30. The third kappa shape index (κ3) is 4.23. The molecule has 1 saturated heterocycles. The standard InChI is InChI=1S/C15H24N2OS/c1-2-8-18-14-5-3-4-13(15(14)16)17-11-12-6-9-19-10-7-12/h3-5,12,17H,2,6-11,16H2,1H3. The zero-order valence-electron chi connectivity index (χ0n) is 11.7. The van der Waals surface area contributed by atoms with E-state index in [4.69, 9.17) is 10.5 Å². The van der Waals surface area contributed by atoms with E-state index < -0.39 is 0 Å². The fourth-order valence-electron chi connectivity index (χ4n) is 2.24. The summed E-state index contributed by atoms with van der Waals surface area (Å²) in [5, 5.41) is 3.49. The molecule has 1 aromatic carbocycles. The number of ether oxygens (including phenoxy) is 1. The SMILES string of the molecule is CCCOc1cccc(NCC2CCSCC2)c1N. The first-order chi connectivity index (χ1) is 9.31. The summed E-state index contributed by atoms with van der Waals surface area (Å²) in [5.41, 5.74) is 7.89. The largest absolute Gasteiger partial charge is 0.491 e. The Hall–Kier alpha value is -1.03. The van der Waals surface area contributed by atoms with Crippen molar-refractivity contribution in [2.24, 2.45) is 5.92 Å². The van der Waals surface area contributed by atoms with Gasteiger partial charge in [0.05, 0.1) is 18.0 Å². The Balaban J connectivity index is 1.91. The molecule has 0 aromatic heterocycles. The maximum Gasteiger partial charge on any atom is 0.144 e. The average Bonchev–Trinajstić information content (AvgIpc) is 2.46. The van der Waals surface area contributed by atoms with E-state index in [0.717, 1.165) is 36.0 Å². The molecule has 0 amide bonds. The number of rotatable bonds is 6. The van der Waals surface area contributed by atoms with Gasteiger partial charge in [0.1, 0.15) is 5.75 Å². The number of nitrogen functional groups attached to an aromatic ring is 1. The summed E-state index contributed by atoms with van der Waals surface area (Å²) in [6.07, 6.45) is 3.62. The normalized spacial score (nSPS) is 16.3. The van der Waals surface area contributed by atoms with E-state index in [9.17, 15) is 0 Å². The van der Waals surface area contributed by atoms with Gasteiger partial charge in [0.15, 0.2) is 0 Å². The number of hydrogen-bond acceptors (Lipinski definition) is 4. The van der Waals surface area contributed by atoms with Crippen LogP contribution in [0.5, 0.6) is 5.75 Å². The lowest BCUT2D eigenvalue weighted by molar-refractivity contribution is 0.319. The second-order valence-electron chi connectivity index (χ2n) is 5.00. The number of hydrogen-bond donors (Lipinski definition) is 2. The van der Waals surface area contributed by atoms with Crippen molar-refractivity contribution in [2.45, 2.75) is 26.2 Å². The van der Waals surface area contributed by atoms with Crippen LogP contribution in [-0.2, 0) is 0 Å². The zero-order chi connectivity index (χ0) is 13.5. The molecule has 4 heteroatoms. The monoisotopic (exact) mass is 280 g/mol. The summed E-state index contributed by atoms with van der Waals surface area (Å²) in [7, 11) is 0. The predicted octanol–water partition coefficient (Wildman–Crippen LogP) is 3.61. The second-order valence-corrected chi connectivity index (χ2v) is 6.23. The Bertz CT molecular complexity index is 392. The summed E-state index contributed by atoms with van der Waals surface area (Å²) in [6.45, 7) is 3.83. The number of benzene rings is 1. The predicted molar refractivity (Wildman–Crippen MR) is 85.2 cm³/mol. The fraction of sp³-hybridized carbons (Fsp3) is 0.600. The summed E-state index contributed by atoms with van der Waals surface area (Å²) in [6, 6.07) is 5.97. The van der Waals surface area contributed by atoms with Crippen LogP contribution >= 0.6 is 11.8 Å². The minimum Gasteiger partial charge on any atom is -0.491 e. The van der Waals surface area contributed by atoms with Gasteiger partial charge in [0, 0.05) is 6.54 Å². The van der Waals surface area contributed by atoms with E-state index in [2.05, 4.69) is 24.0 Å². The summed E-state index contributed by atoms with van der Waals surface area (Å²) in [5.74, 6) is 4.16. The molecule has 1 fully saturated rings. The van der Waals surface area contributed by atoms with Crippen molar-refractivity contribution in [1.82, 2.24) is 0 Å². The van der Waals surface area contributed by atoms with Crippen molar-refractivity contribution < 1.29 is 4.74 Å². The molecular weight excluding hydrogens is 256 g/mol.